The smallest absolute Gasteiger partial charge is 0.123 e. The molecule has 96 valence electrons. The maximum absolute atomic E-state index is 12.8. The molecular formula is C13H16FN3S. The summed E-state index contributed by atoms with van der Waals surface area (Å²) in [4.78, 5) is 0. The van der Waals surface area contributed by atoms with E-state index in [9.17, 15) is 4.39 Å². The van der Waals surface area contributed by atoms with Gasteiger partial charge in [0.2, 0.25) is 0 Å². The standard InChI is InChI=1S/C13H16FN3S/c1-15-8-2-3-12-16-17-13(18-12)9-10-4-6-11(14)7-5-10/h4-7,15H,2-3,8-9H2,1H3. The van der Waals surface area contributed by atoms with E-state index in [1.807, 2.05) is 7.05 Å². The molecule has 0 bridgehead atoms. The Hall–Kier alpha value is -1.33. The van der Waals surface area contributed by atoms with Crippen molar-refractivity contribution in [1.29, 1.82) is 0 Å². The van der Waals surface area contributed by atoms with Crippen LogP contribution in [0.3, 0.4) is 0 Å². The minimum absolute atomic E-state index is 0.205. The Labute approximate surface area is 110 Å². The third-order valence-electron chi connectivity index (χ3n) is 2.59. The number of nitrogens with zero attached hydrogens (tertiary/aromatic N) is 2. The SMILES string of the molecule is CNCCCc1nnc(Cc2ccc(F)cc2)s1. The highest BCUT2D eigenvalue weighted by Gasteiger charge is 2.05. The average molecular weight is 265 g/mol. The van der Waals surface area contributed by atoms with E-state index in [1.54, 1.807) is 23.5 Å². The molecule has 3 nitrogen and oxygen atoms in total. The zero-order valence-electron chi connectivity index (χ0n) is 10.3. The van der Waals surface area contributed by atoms with Gasteiger partial charge in [0.1, 0.15) is 15.8 Å². The third kappa shape index (κ3) is 3.85. The number of aromatic nitrogens is 2. The highest BCUT2D eigenvalue weighted by molar-refractivity contribution is 7.11. The van der Waals surface area contributed by atoms with Crippen LogP contribution < -0.4 is 5.32 Å². The van der Waals surface area contributed by atoms with Crippen molar-refractivity contribution >= 4 is 11.3 Å². The Morgan fingerprint density at radius 1 is 1.17 bits per heavy atom. The Bertz CT molecular complexity index is 481. The van der Waals surface area contributed by atoms with Crippen molar-refractivity contribution in [1.82, 2.24) is 15.5 Å². The van der Waals surface area contributed by atoms with Crippen LogP contribution in [0.25, 0.3) is 0 Å². The summed E-state index contributed by atoms with van der Waals surface area (Å²) < 4.78 is 12.8. The lowest BCUT2D eigenvalue weighted by Crippen LogP contribution is -2.08. The van der Waals surface area contributed by atoms with Gasteiger partial charge in [-0.25, -0.2) is 4.39 Å². The van der Waals surface area contributed by atoms with Crippen LogP contribution in [0, 0.1) is 5.82 Å². The van der Waals surface area contributed by atoms with Crippen LogP contribution in [-0.2, 0) is 12.8 Å². The summed E-state index contributed by atoms with van der Waals surface area (Å²) >= 11 is 1.64. The van der Waals surface area contributed by atoms with Gasteiger partial charge in [0.25, 0.3) is 0 Å². The van der Waals surface area contributed by atoms with Crippen molar-refractivity contribution in [2.45, 2.75) is 19.3 Å². The lowest BCUT2D eigenvalue weighted by molar-refractivity contribution is 0.627. The van der Waals surface area contributed by atoms with E-state index in [2.05, 4.69) is 15.5 Å². The lowest BCUT2D eigenvalue weighted by atomic mass is 10.2. The Kier molecular flexibility index (Phi) is 4.78. The number of rotatable bonds is 6. The van der Waals surface area contributed by atoms with Crippen molar-refractivity contribution in [3.63, 3.8) is 0 Å². The quantitative estimate of drug-likeness (QED) is 0.815. The van der Waals surface area contributed by atoms with Gasteiger partial charge in [0.15, 0.2) is 0 Å². The fraction of sp³-hybridized carbons (Fsp3) is 0.385. The molecule has 2 rings (SSSR count). The minimum Gasteiger partial charge on any atom is -0.320 e. The molecular weight excluding hydrogens is 249 g/mol. The van der Waals surface area contributed by atoms with E-state index in [0.29, 0.717) is 0 Å². The highest BCUT2D eigenvalue weighted by Crippen LogP contribution is 2.16. The number of benzene rings is 1. The van der Waals surface area contributed by atoms with Gasteiger partial charge in [-0.1, -0.05) is 12.1 Å². The number of hydrogen-bond acceptors (Lipinski definition) is 4. The zero-order valence-corrected chi connectivity index (χ0v) is 11.1. The minimum atomic E-state index is -0.205. The summed E-state index contributed by atoms with van der Waals surface area (Å²) in [5.74, 6) is -0.205. The number of halogens is 1. The van der Waals surface area contributed by atoms with E-state index < -0.39 is 0 Å². The second-order valence-corrected chi connectivity index (χ2v) is 5.25. The van der Waals surface area contributed by atoms with Crippen molar-refractivity contribution in [2.24, 2.45) is 0 Å². The molecule has 18 heavy (non-hydrogen) atoms. The second kappa shape index (κ2) is 6.56. The second-order valence-electron chi connectivity index (χ2n) is 4.10. The van der Waals surface area contributed by atoms with E-state index in [-0.39, 0.29) is 5.82 Å². The van der Waals surface area contributed by atoms with E-state index in [1.165, 1.54) is 12.1 Å². The Balaban J connectivity index is 1.91. The average Bonchev–Trinajstić information content (AvgIpc) is 2.80. The van der Waals surface area contributed by atoms with Crippen LogP contribution in [0.2, 0.25) is 0 Å². The zero-order chi connectivity index (χ0) is 12.8. The number of nitrogens with one attached hydrogen (secondary N) is 1. The predicted octanol–water partition coefficient (Wildman–Crippen LogP) is 2.42. The molecule has 0 atom stereocenters. The summed E-state index contributed by atoms with van der Waals surface area (Å²) in [5, 5.41) is 13.5. The van der Waals surface area contributed by atoms with Gasteiger partial charge in [0, 0.05) is 12.8 Å². The molecule has 0 amide bonds. The largest absolute Gasteiger partial charge is 0.320 e. The van der Waals surface area contributed by atoms with Gasteiger partial charge in [0.05, 0.1) is 0 Å². The first-order valence-corrected chi connectivity index (χ1v) is 6.80. The molecule has 0 fully saturated rings. The molecule has 0 aliphatic rings. The molecule has 2 aromatic rings. The fourth-order valence-electron chi connectivity index (χ4n) is 1.65. The van der Waals surface area contributed by atoms with Crippen molar-refractivity contribution < 1.29 is 4.39 Å². The molecule has 1 heterocycles. The van der Waals surface area contributed by atoms with Gasteiger partial charge in [-0.05, 0) is 37.7 Å². The normalized spacial score (nSPS) is 10.8. The fourth-order valence-corrected chi connectivity index (χ4v) is 2.57. The molecule has 0 aliphatic carbocycles. The van der Waals surface area contributed by atoms with Crippen LogP contribution in [0.15, 0.2) is 24.3 Å². The van der Waals surface area contributed by atoms with Crippen molar-refractivity contribution in [2.75, 3.05) is 13.6 Å². The van der Waals surface area contributed by atoms with E-state index in [4.69, 9.17) is 0 Å². The Morgan fingerprint density at radius 3 is 2.61 bits per heavy atom. The van der Waals surface area contributed by atoms with Crippen LogP contribution in [0.4, 0.5) is 4.39 Å². The molecule has 0 unspecified atom stereocenters. The molecule has 0 aliphatic heterocycles. The maximum atomic E-state index is 12.8. The molecule has 1 aromatic carbocycles. The summed E-state index contributed by atoms with van der Waals surface area (Å²) in [5.41, 5.74) is 1.06. The summed E-state index contributed by atoms with van der Waals surface area (Å²) in [7, 11) is 1.94. The molecule has 1 aromatic heterocycles. The van der Waals surface area contributed by atoms with Crippen LogP contribution in [0.1, 0.15) is 22.0 Å². The van der Waals surface area contributed by atoms with Gasteiger partial charge in [-0.15, -0.1) is 21.5 Å². The molecule has 5 heteroatoms. The molecule has 0 spiro atoms. The van der Waals surface area contributed by atoms with Crippen LogP contribution >= 0.6 is 11.3 Å². The van der Waals surface area contributed by atoms with E-state index >= 15 is 0 Å². The summed E-state index contributed by atoms with van der Waals surface area (Å²) in [6.07, 6.45) is 2.76. The van der Waals surface area contributed by atoms with Crippen molar-refractivity contribution in [3.05, 3.63) is 45.7 Å². The van der Waals surface area contributed by atoms with Gasteiger partial charge in [-0.3, -0.25) is 0 Å². The topological polar surface area (TPSA) is 37.8 Å². The first-order valence-electron chi connectivity index (χ1n) is 5.98. The van der Waals surface area contributed by atoms with Crippen LogP contribution in [0.5, 0.6) is 0 Å². The third-order valence-corrected chi connectivity index (χ3v) is 3.58. The first kappa shape index (κ1) is 13.1. The molecule has 0 saturated heterocycles. The summed E-state index contributed by atoms with van der Waals surface area (Å²) in [6, 6.07) is 6.53. The molecule has 0 radical (unpaired) electrons. The number of hydrogen-bond donors (Lipinski definition) is 1. The highest BCUT2D eigenvalue weighted by atomic mass is 32.1. The van der Waals surface area contributed by atoms with Crippen LogP contribution in [-0.4, -0.2) is 23.8 Å². The van der Waals surface area contributed by atoms with E-state index in [0.717, 1.165) is 41.4 Å². The predicted molar refractivity (Wildman–Crippen MR) is 71.4 cm³/mol. The summed E-state index contributed by atoms with van der Waals surface area (Å²) in [6.45, 7) is 0.993. The lowest BCUT2D eigenvalue weighted by Gasteiger charge is -1.96. The maximum Gasteiger partial charge on any atom is 0.123 e. The molecule has 1 N–H and O–H groups in total. The molecule has 0 saturated carbocycles. The van der Waals surface area contributed by atoms with Gasteiger partial charge >= 0.3 is 0 Å². The monoisotopic (exact) mass is 265 g/mol. The number of aryl methyl sites for hydroxylation is 1. The van der Waals surface area contributed by atoms with Crippen molar-refractivity contribution in [3.8, 4) is 0 Å². The Morgan fingerprint density at radius 2 is 1.89 bits per heavy atom. The van der Waals surface area contributed by atoms with Gasteiger partial charge < -0.3 is 5.32 Å². The van der Waals surface area contributed by atoms with Gasteiger partial charge in [-0.2, -0.15) is 0 Å². The first-order chi connectivity index (χ1) is 8.78.